The lowest BCUT2D eigenvalue weighted by atomic mass is 10.2. The first-order valence-electron chi connectivity index (χ1n) is 9.40. The molecular formula is C23H19BrClFN2O4. The number of ether oxygens (including phenoxy) is 2. The molecule has 3 rings (SSSR count). The minimum Gasteiger partial charge on any atom is -0.493 e. The first kappa shape index (κ1) is 23.6. The second-order valence-corrected chi connectivity index (χ2v) is 7.77. The summed E-state index contributed by atoms with van der Waals surface area (Å²) in [6, 6.07) is 16.5. The number of methoxy groups -OCH3 is 1. The van der Waals surface area contributed by atoms with E-state index in [0.29, 0.717) is 37.8 Å². The molecule has 0 saturated carbocycles. The fourth-order valence-corrected chi connectivity index (χ4v) is 3.34. The van der Waals surface area contributed by atoms with Gasteiger partial charge >= 0.3 is 0 Å². The number of hydrogen-bond donors (Lipinski definition) is 1. The summed E-state index contributed by atoms with van der Waals surface area (Å²) >= 11 is 9.24. The van der Waals surface area contributed by atoms with Crippen LogP contribution in [0.1, 0.15) is 11.1 Å². The van der Waals surface area contributed by atoms with Gasteiger partial charge in [-0.25, -0.2) is 4.39 Å². The maximum absolute atomic E-state index is 13.8. The van der Waals surface area contributed by atoms with Crippen LogP contribution in [-0.4, -0.2) is 25.8 Å². The Morgan fingerprint density at radius 2 is 1.94 bits per heavy atom. The maximum Gasteiger partial charge on any atom is 0.265 e. The van der Waals surface area contributed by atoms with E-state index < -0.39 is 0 Å². The van der Waals surface area contributed by atoms with E-state index in [0.717, 1.165) is 0 Å². The number of oxime groups is 1. The van der Waals surface area contributed by atoms with Crippen molar-refractivity contribution in [2.75, 3.05) is 19.0 Å². The smallest absolute Gasteiger partial charge is 0.265 e. The first-order valence-corrected chi connectivity index (χ1v) is 10.6. The van der Waals surface area contributed by atoms with Crippen molar-refractivity contribution in [3.8, 4) is 11.5 Å². The lowest BCUT2D eigenvalue weighted by molar-refractivity contribution is -0.120. The number of nitrogens with one attached hydrogen (secondary N) is 1. The van der Waals surface area contributed by atoms with Crippen LogP contribution in [0.25, 0.3) is 0 Å². The molecule has 1 amide bonds. The van der Waals surface area contributed by atoms with Crippen LogP contribution in [0.15, 0.2) is 70.3 Å². The van der Waals surface area contributed by atoms with Crippen molar-refractivity contribution in [2.24, 2.45) is 5.16 Å². The summed E-state index contributed by atoms with van der Waals surface area (Å²) in [5.74, 6) is 0.150. The SMILES string of the molecule is COc1cc(/C=N/OCC(=O)Nc2ccc(Cl)cc2)cc(Br)c1OCc1ccccc1F. The zero-order valence-electron chi connectivity index (χ0n) is 17.0. The summed E-state index contributed by atoms with van der Waals surface area (Å²) in [5, 5.41) is 7.06. The van der Waals surface area contributed by atoms with Crippen LogP contribution in [0, 0.1) is 5.82 Å². The van der Waals surface area contributed by atoms with Gasteiger partial charge in [0, 0.05) is 21.8 Å². The molecule has 0 unspecified atom stereocenters. The Hall–Kier alpha value is -3.10. The van der Waals surface area contributed by atoms with Gasteiger partial charge in [-0.1, -0.05) is 35.0 Å². The van der Waals surface area contributed by atoms with Crippen LogP contribution in [0.3, 0.4) is 0 Å². The molecule has 166 valence electrons. The van der Waals surface area contributed by atoms with Crippen molar-refractivity contribution in [1.82, 2.24) is 0 Å². The average molecular weight is 522 g/mol. The Labute approximate surface area is 198 Å². The molecule has 0 aromatic heterocycles. The van der Waals surface area contributed by atoms with Gasteiger partial charge in [0.15, 0.2) is 18.1 Å². The van der Waals surface area contributed by atoms with E-state index in [9.17, 15) is 9.18 Å². The molecule has 0 saturated heterocycles. The number of amides is 1. The summed E-state index contributed by atoms with van der Waals surface area (Å²) in [4.78, 5) is 17.0. The van der Waals surface area contributed by atoms with E-state index in [1.54, 1.807) is 54.6 Å². The van der Waals surface area contributed by atoms with Gasteiger partial charge in [0.1, 0.15) is 12.4 Å². The Morgan fingerprint density at radius 1 is 1.19 bits per heavy atom. The van der Waals surface area contributed by atoms with E-state index in [1.165, 1.54) is 19.4 Å². The maximum atomic E-state index is 13.8. The molecule has 9 heteroatoms. The monoisotopic (exact) mass is 520 g/mol. The molecule has 1 N–H and O–H groups in total. The highest BCUT2D eigenvalue weighted by Crippen LogP contribution is 2.37. The quantitative estimate of drug-likeness (QED) is 0.285. The van der Waals surface area contributed by atoms with Gasteiger partial charge in [-0.2, -0.15) is 0 Å². The van der Waals surface area contributed by atoms with Gasteiger partial charge in [0.2, 0.25) is 0 Å². The number of rotatable bonds is 9. The largest absolute Gasteiger partial charge is 0.493 e. The van der Waals surface area contributed by atoms with Gasteiger partial charge in [0.05, 0.1) is 17.8 Å². The molecule has 0 heterocycles. The lowest BCUT2D eigenvalue weighted by Gasteiger charge is -2.13. The number of carbonyl (C=O) groups is 1. The van der Waals surface area contributed by atoms with Gasteiger partial charge < -0.3 is 19.6 Å². The molecule has 0 fully saturated rings. The number of anilines is 1. The van der Waals surface area contributed by atoms with E-state index in [1.807, 2.05) is 0 Å². The summed E-state index contributed by atoms with van der Waals surface area (Å²) in [7, 11) is 1.50. The third kappa shape index (κ3) is 6.70. The Balaban J connectivity index is 1.57. The second kappa shape index (κ2) is 11.5. The Kier molecular flexibility index (Phi) is 8.47. The molecule has 32 heavy (non-hydrogen) atoms. The van der Waals surface area contributed by atoms with Crippen molar-refractivity contribution >= 4 is 45.3 Å². The van der Waals surface area contributed by atoms with Crippen LogP contribution < -0.4 is 14.8 Å². The van der Waals surface area contributed by atoms with Gasteiger partial charge in [-0.15, -0.1) is 0 Å². The van der Waals surface area contributed by atoms with E-state index in [-0.39, 0.29) is 24.9 Å². The molecule has 0 aliphatic carbocycles. The first-order chi connectivity index (χ1) is 15.5. The number of nitrogens with zero attached hydrogens (tertiary/aromatic N) is 1. The van der Waals surface area contributed by atoms with Crippen LogP contribution in [0.2, 0.25) is 5.02 Å². The number of halogens is 3. The third-order valence-corrected chi connectivity index (χ3v) is 5.02. The van der Waals surface area contributed by atoms with Crippen molar-refractivity contribution in [3.63, 3.8) is 0 Å². The van der Waals surface area contributed by atoms with Gasteiger partial charge in [-0.3, -0.25) is 4.79 Å². The van der Waals surface area contributed by atoms with Gasteiger partial charge in [-0.05, 0) is 58.4 Å². The Morgan fingerprint density at radius 3 is 2.66 bits per heavy atom. The average Bonchev–Trinajstić information content (AvgIpc) is 2.78. The Bertz CT molecular complexity index is 1110. The minimum atomic E-state index is -0.361. The molecule has 0 bridgehead atoms. The summed E-state index contributed by atoms with van der Waals surface area (Å²) in [6.45, 7) is -0.220. The fourth-order valence-electron chi connectivity index (χ4n) is 2.64. The predicted octanol–water partition coefficient (Wildman–Crippen LogP) is 5.82. The zero-order chi connectivity index (χ0) is 22.9. The van der Waals surface area contributed by atoms with Gasteiger partial charge in [0.25, 0.3) is 5.91 Å². The van der Waals surface area contributed by atoms with E-state index in [4.69, 9.17) is 25.9 Å². The fraction of sp³-hybridized carbons (Fsp3) is 0.130. The minimum absolute atomic E-state index is 0.0426. The van der Waals surface area contributed by atoms with E-state index in [2.05, 4.69) is 26.4 Å². The van der Waals surface area contributed by atoms with Crippen molar-refractivity contribution in [1.29, 1.82) is 0 Å². The van der Waals surface area contributed by atoms with Crippen LogP contribution in [-0.2, 0) is 16.2 Å². The van der Waals surface area contributed by atoms with Crippen LogP contribution in [0.4, 0.5) is 10.1 Å². The zero-order valence-corrected chi connectivity index (χ0v) is 19.3. The number of hydrogen-bond acceptors (Lipinski definition) is 5. The molecule has 0 aliphatic heterocycles. The molecule has 0 atom stereocenters. The summed E-state index contributed by atoms with van der Waals surface area (Å²) < 4.78 is 25.5. The molecule has 6 nitrogen and oxygen atoms in total. The molecule has 3 aromatic carbocycles. The molecule has 3 aromatic rings. The van der Waals surface area contributed by atoms with Crippen LogP contribution >= 0.6 is 27.5 Å². The summed E-state index contributed by atoms with van der Waals surface area (Å²) in [6.07, 6.45) is 1.43. The van der Waals surface area contributed by atoms with Crippen LogP contribution in [0.5, 0.6) is 11.5 Å². The highest BCUT2D eigenvalue weighted by Gasteiger charge is 2.13. The second-order valence-electron chi connectivity index (χ2n) is 6.48. The molecule has 0 radical (unpaired) electrons. The molecule has 0 aliphatic rings. The predicted molar refractivity (Wildman–Crippen MR) is 125 cm³/mol. The topological polar surface area (TPSA) is 69.2 Å². The molecular weight excluding hydrogens is 503 g/mol. The van der Waals surface area contributed by atoms with E-state index >= 15 is 0 Å². The number of carbonyl (C=O) groups excluding carboxylic acids is 1. The lowest BCUT2D eigenvalue weighted by Crippen LogP contribution is -2.16. The third-order valence-electron chi connectivity index (χ3n) is 4.18. The molecule has 0 spiro atoms. The van der Waals surface area contributed by atoms with Crippen molar-refractivity contribution in [3.05, 3.63) is 87.1 Å². The normalized spacial score (nSPS) is 10.8. The standard InChI is InChI=1S/C23H19BrClFN2O4/c1-30-21-11-15(10-19(24)23(21)31-13-16-4-2-3-5-20(16)26)12-27-32-14-22(29)28-18-8-6-17(25)7-9-18/h2-12H,13-14H2,1H3,(H,28,29)/b27-12+. The number of benzene rings is 3. The highest BCUT2D eigenvalue weighted by atomic mass is 79.9. The highest BCUT2D eigenvalue weighted by molar-refractivity contribution is 9.10. The summed E-state index contributed by atoms with van der Waals surface area (Å²) in [5.41, 5.74) is 1.68. The van der Waals surface area contributed by atoms with Crippen molar-refractivity contribution < 1.29 is 23.5 Å². The van der Waals surface area contributed by atoms with Crippen molar-refractivity contribution in [2.45, 2.75) is 6.61 Å².